The highest BCUT2D eigenvalue weighted by Crippen LogP contribution is 2.23. The third-order valence-electron chi connectivity index (χ3n) is 2.80. The standard InChI is InChI=1S/C10H21NO2S/c1-3-5-10-6-7-11(9-10)14(12,13)8-4-2/h10H,3-9H2,1-2H3. The zero-order valence-electron chi connectivity index (χ0n) is 9.20. The first-order valence-electron chi connectivity index (χ1n) is 5.58. The van der Waals surface area contributed by atoms with Crippen molar-refractivity contribution in [3.05, 3.63) is 0 Å². The number of hydrogen-bond acceptors (Lipinski definition) is 2. The Kier molecular flexibility index (Phi) is 4.38. The van der Waals surface area contributed by atoms with Crippen molar-refractivity contribution in [1.82, 2.24) is 4.31 Å². The minimum absolute atomic E-state index is 0.311. The maximum atomic E-state index is 11.7. The van der Waals surface area contributed by atoms with E-state index in [2.05, 4.69) is 6.92 Å². The Labute approximate surface area is 87.5 Å². The summed E-state index contributed by atoms with van der Waals surface area (Å²) in [6.45, 7) is 5.57. The molecular formula is C10H21NO2S. The number of sulfonamides is 1. The Morgan fingerprint density at radius 2 is 2.00 bits per heavy atom. The molecule has 1 heterocycles. The topological polar surface area (TPSA) is 37.4 Å². The van der Waals surface area contributed by atoms with Crippen LogP contribution >= 0.6 is 0 Å². The molecule has 14 heavy (non-hydrogen) atoms. The lowest BCUT2D eigenvalue weighted by Gasteiger charge is -2.15. The summed E-state index contributed by atoms with van der Waals surface area (Å²) in [4.78, 5) is 0. The predicted molar refractivity (Wildman–Crippen MR) is 58.7 cm³/mol. The number of nitrogens with zero attached hydrogens (tertiary/aromatic N) is 1. The summed E-state index contributed by atoms with van der Waals surface area (Å²) >= 11 is 0. The van der Waals surface area contributed by atoms with Crippen LogP contribution in [0.4, 0.5) is 0 Å². The van der Waals surface area contributed by atoms with Gasteiger partial charge in [0.1, 0.15) is 0 Å². The van der Waals surface area contributed by atoms with Gasteiger partial charge in [0.15, 0.2) is 0 Å². The highest BCUT2D eigenvalue weighted by Gasteiger charge is 2.29. The van der Waals surface area contributed by atoms with Gasteiger partial charge >= 0.3 is 0 Å². The summed E-state index contributed by atoms with van der Waals surface area (Å²) in [6, 6.07) is 0. The first kappa shape index (κ1) is 12.0. The monoisotopic (exact) mass is 219 g/mol. The van der Waals surface area contributed by atoms with Gasteiger partial charge < -0.3 is 0 Å². The molecule has 1 atom stereocenters. The van der Waals surface area contributed by atoms with Gasteiger partial charge in [-0.1, -0.05) is 20.3 Å². The third kappa shape index (κ3) is 2.95. The van der Waals surface area contributed by atoms with E-state index < -0.39 is 10.0 Å². The SMILES string of the molecule is CCCC1CCN(S(=O)(=O)CCC)C1. The fourth-order valence-corrected chi connectivity index (χ4v) is 3.68. The van der Waals surface area contributed by atoms with Crippen LogP contribution in [-0.2, 0) is 10.0 Å². The fourth-order valence-electron chi connectivity index (χ4n) is 2.08. The van der Waals surface area contributed by atoms with Crippen LogP contribution in [0.3, 0.4) is 0 Å². The summed E-state index contributed by atoms with van der Waals surface area (Å²) in [6.07, 6.45) is 4.10. The molecule has 1 fully saturated rings. The summed E-state index contributed by atoms with van der Waals surface area (Å²) in [5.41, 5.74) is 0. The fraction of sp³-hybridized carbons (Fsp3) is 1.00. The Morgan fingerprint density at radius 1 is 1.29 bits per heavy atom. The first-order valence-corrected chi connectivity index (χ1v) is 7.19. The van der Waals surface area contributed by atoms with Crippen LogP contribution in [0.15, 0.2) is 0 Å². The van der Waals surface area contributed by atoms with E-state index in [9.17, 15) is 8.42 Å². The quantitative estimate of drug-likeness (QED) is 0.707. The van der Waals surface area contributed by atoms with Crippen LogP contribution in [0.5, 0.6) is 0 Å². The second-order valence-corrected chi connectivity index (χ2v) is 6.21. The average Bonchev–Trinajstić information content (AvgIpc) is 2.54. The minimum Gasteiger partial charge on any atom is -0.212 e. The predicted octanol–water partition coefficient (Wildman–Crippen LogP) is 1.85. The molecule has 0 aliphatic carbocycles. The van der Waals surface area contributed by atoms with Crippen molar-refractivity contribution in [2.75, 3.05) is 18.8 Å². The minimum atomic E-state index is -2.93. The van der Waals surface area contributed by atoms with E-state index in [0.29, 0.717) is 11.7 Å². The van der Waals surface area contributed by atoms with Crippen molar-refractivity contribution in [1.29, 1.82) is 0 Å². The molecule has 0 N–H and O–H groups in total. The molecule has 0 aromatic carbocycles. The summed E-state index contributed by atoms with van der Waals surface area (Å²) in [5, 5.41) is 0. The van der Waals surface area contributed by atoms with E-state index in [4.69, 9.17) is 0 Å². The highest BCUT2D eigenvalue weighted by molar-refractivity contribution is 7.89. The van der Waals surface area contributed by atoms with Gasteiger partial charge in [-0.3, -0.25) is 0 Å². The molecule has 1 rings (SSSR count). The zero-order valence-corrected chi connectivity index (χ0v) is 10.0. The van der Waals surface area contributed by atoms with Crippen molar-refractivity contribution in [2.45, 2.75) is 39.5 Å². The van der Waals surface area contributed by atoms with Crippen molar-refractivity contribution in [3.63, 3.8) is 0 Å². The Bertz CT molecular complexity index is 261. The lowest BCUT2D eigenvalue weighted by Crippen LogP contribution is -2.30. The van der Waals surface area contributed by atoms with Gasteiger partial charge in [-0.05, 0) is 25.2 Å². The van der Waals surface area contributed by atoms with Crippen molar-refractivity contribution >= 4 is 10.0 Å². The van der Waals surface area contributed by atoms with Gasteiger partial charge in [-0.2, -0.15) is 0 Å². The van der Waals surface area contributed by atoms with E-state index in [1.807, 2.05) is 6.92 Å². The van der Waals surface area contributed by atoms with E-state index in [-0.39, 0.29) is 0 Å². The molecule has 1 unspecified atom stereocenters. The molecule has 0 aromatic rings. The molecule has 0 aromatic heterocycles. The molecule has 84 valence electrons. The Hall–Kier alpha value is -0.0900. The van der Waals surface area contributed by atoms with E-state index in [0.717, 1.165) is 38.8 Å². The molecule has 0 bridgehead atoms. The van der Waals surface area contributed by atoms with Crippen LogP contribution in [0.25, 0.3) is 0 Å². The van der Waals surface area contributed by atoms with E-state index in [1.165, 1.54) is 0 Å². The van der Waals surface area contributed by atoms with Crippen LogP contribution in [0.1, 0.15) is 39.5 Å². The molecule has 0 saturated carbocycles. The smallest absolute Gasteiger partial charge is 0.212 e. The Morgan fingerprint density at radius 3 is 2.57 bits per heavy atom. The van der Waals surface area contributed by atoms with Gasteiger partial charge in [0.05, 0.1) is 5.75 Å². The summed E-state index contributed by atoms with van der Waals surface area (Å²) < 4.78 is 25.1. The lowest BCUT2D eigenvalue weighted by molar-refractivity contribution is 0.444. The maximum Gasteiger partial charge on any atom is 0.214 e. The van der Waals surface area contributed by atoms with Gasteiger partial charge in [0.2, 0.25) is 10.0 Å². The second kappa shape index (κ2) is 5.12. The van der Waals surface area contributed by atoms with Gasteiger partial charge in [-0.15, -0.1) is 0 Å². The molecule has 1 saturated heterocycles. The highest BCUT2D eigenvalue weighted by atomic mass is 32.2. The van der Waals surface area contributed by atoms with Gasteiger partial charge in [-0.25, -0.2) is 12.7 Å². The van der Waals surface area contributed by atoms with Crippen molar-refractivity contribution < 1.29 is 8.42 Å². The lowest BCUT2D eigenvalue weighted by atomic mass is 10.0. The molecule has 1 aliphatic rings. The third-order valence-corrected chi connectivity index (χ3v) is 4.84. The van der Waals surface area contributed by atoms with Crippen molar-refractivity contribution in [2.24, 2.45) is 5.92 Å². The maximum absolute atomic E-state index is 11.7. The number of hydrogen-bond donors (Lipinski definition) is 0. The molecular weight excluding hydrogens is 198 g/mol. The molecule has 1 aliphatic heterocycles. The number of rotatable bonds is 5. The van der Waals surface area contributed by atoms with Crippen molar-refractivity contribution in [3.8, 4) is 0 Å². The zero-order chi connectivity index (χ0) is 10.6. The first-order chi connectivity index (χ1) is 6.60. The molecule has 0 radical (unpaired) electrons. The molecule has 0 spiro atoms. The second-order valence-electron chi connectivity index (χ2n) is 4.12. The van der Waals surface area contributed by atoms with Gasteiger partial charge in [0.25, 0.3) is 0 Å². The van der Waals surface area contributed by atoms with E-state index in [1.54, 1.807) is 4.31 Å². The summed E-state index contributed by atoms with van der Waals surface area (Å²) in [5.74, 6) is 0.915. The normalized spacial score (nSPS) is 24.3. The van der Waals surface area contributed by atoms with Crippen LogP contribution < -0.4 is 0 Å². The van der Waals surface area contributed by atoms with Crippen LogP contribution in [-0.4, -0.2) is 31.6 Å². The molecule has 0 amide bonds. The van der Waals surface area contributed by atoms with Gasteiger partial charge in [0, 0.05) is 13.1 Å². The Balaban J connectivity index is 2.49. The molecule has 3 nitrogen and oxygen atoms in total. The average molecular weight is 219 g/mol. The molecule has 4 heteroatoms. The van der Waals surface area contributed by atoms with Crippen LogP contribution in [0, 0.1) is 5.92 Å². The van der Waals surface area contributed by atoms with Crippen LogP contribution in [0.2, 0.25) is 0 Å². The summed E-state index contributed by atoms with van der Waals surface area (Å²) in [7, 11) is -2.93. The largest absolute Gasteiger partial charge is 0.214 e. The van der Waals surface area contributed by atoms with E-state index >= 15 is 0 Å².